The van der Waals surface area contributed by atoms with Gasteiger partial charge >= 0.3 is 5.51 Å². The minimum absolute atomic E-state index is 0.0102. The molecule has 19 heteroatoms. The third-order valence-electron chi connectivity index (χ3n) is 12.6. The first kappa shape index (κ1) is 49.9. The lowest BCUT2D eigenvalue weighted by molar-refractivity contribution is -0.0435. The number of anilines is 2. The summed E-state index contributed by atoms with van der Waals surface area (Å²) in [6, 6.07) is 24.3. The Morgan fingerprint density at radius 3 is 2.11 bits per heavy atom. The van der Waals surface area contributed by atoms with Crippen LogP contribution >= 0.6 is 11.6 Å². The van der Waals surface area contributed by atoms with Gasteiger partial charge in [-0.15, -0.1) is 0 Å². The van der Waals surface area contributed by atoms with Crippen LogP contribution in [0.25, 0.3) is 5.57 Å². The van der Waals surface area contributed by atoms with Gasteiger partial charge in [0.25, 0.3) is 9.84 Å². The van der Waals surface area contributed by atoms with E-state index in [0.29, 0.717) is 44.5 Å². The summed E-state index contributed by atoms with van der Waals surface area (Å²) in [5.74, 6) is -0.576. The predicted octanol–water partition coefficient (Wildman–Crippen LogP) is 7.87. The lowest BCUT2D eigenvalue weighted by atomic mass is 9.73. The average molecular weight is 993 g/mol. The van der Waals surface area contributed by atoms with Gasteiger partial charge in [0.15, 0.2) is 9.84 Å². The maximum absolute atomic E-state index is 14.2. The molecular formula is C47H57ClF3N5O7S3. The normalized spacial score (nSPS) is 18.6. The quantitative estimate of drug-likeness (QED) is 0.107. The minimum Gasteiger partial charge on any atom is -0.380 e. The highest BCUT2D eigenvalue weighted by Gasteiger charge is 2.48. The van der Waals surface area contributed by atoms with Gasteiger partial charge in [0.2, 0.25) is 10.0 Å². The predicted molar refractivity (Wildman–Crippen MR) is 253 cm³/mol. The highest BCUT2D eigenvalue weighted by molar-refractivity contribution is 7.92. The number of hydrogen-bond acceptors (Lipinski definition) is 11. The number of benzene rings is 4. The summed E-state index contributed by atoms with van der Waals surface area (Å²) in [6.45, 7) is 11.0. The standard InChI is InChI=1S/C47H57ClF3N5O7S3/c1-46(2)20-18-43(36-10-12-38(48)13-11-36)37(31-46)33-55-22-24-56(25-23-55)40-14-8-35(9-15-40)32-52-66(61,62)42-16-17-44(45(30-42)65(59,60)47(49,50)51)53-39(19-21-54-26-28-63-29-27-54)34-64(57,58)41-6-4-3-5-7-41/h3-17,30,39,52-53H,18-29,31-34H2,1-2H3/t39-/m1/s1. The summed E-state index contributed by atoms with van der Waals surface area (Å²) >= 11 is 6.19. The van der Waals surface area contributed by atoms with Crippen molar-refractivity contribution >= 4 is 58.2 Å². The number of nitrogens with zero attached hydrogens (tertiary/aromatic N) is 3. The molecule has 0 unspecified atom stereocenters. The van der Waals surface area contributed by atoms with Gasteiger partial charge in [-0.3, -0.25) is 9.80 Å². The number of sulfonamides is 1. The van der Waals surface area contributed by atoms with Crippen molar-refractivity contribution in [3.63, 3.8) is 0 Å². The van der Waals surface area contributed by atoms with E-state index < -0.39 is 62.5 Å². The molecule has 66 heavy (non-hydrogen) atoms. The fraction of sp³-hybridized carbons (Fsp3) is 0.447. The number of halogens is 4. The van der Waals surface area contributed by atoms with Crippen LogP contribution in [0.1, 0.15) is 50.7 Å². The Kier molecular flexibility index (Phi) is 15.6. The molecule has 1 atom stereocenters. The van der Waals surface area contributed by atoms with Gasteiger partial charge in [-0.2, -0.15) is 13.2 Å². The molecule has 7 rings (SSSR count). The van der Waals surface area contributed by atoms with Crippen molar-refractivity contribution < 1.29 is 43.2 Å². The molecule has 3 aliphatic rings. The molecule has 2 fully saturated rings. The van der Waals surface area contributed by atoms with Crippen molar-refractivity contribution in [2.24, 2.45) is 5.41 Å². The highest BCUT2D eigenvalue weighted by Crippen LogP contribution is 2.43. The van der Waals surface area contributed by atoms with Gasteiger partial charge in [-0.05, 0) is 102 Å². The zero-order valence-electron chi connectivity index (χ0n) is 37.1. The number of hydrogen-bond donors (Lipinski definition) is 2. The first-order valence-corrected chi connectivity index (χ1v) is 27.0. The van der Waals surface area contributed by atoms with Crippen LogP contribution in [0, 0.1) is 5.41 Å². The van der Waals surface area contributed by atoms with E-state index in [-0.39, 0.29) is 23.3 Å². The number of allylic oxidation sites excluding steroid dienone is 1. The van der Waals surface area contributed by atoms with Crippen LogP contribution in [-0.2, 0) is 41.0 Å². The molecule has 0 bridgehead atoms. The number of ether oxygens (including phenoxy) is 1. The average Bonchev–Trinajstić information content (AvgIpc) is 3.28. The highest BCUT2D eigenvalue weighted by atomic mass is 35.5. The van der Waals surface area contributed by atoms with E-state index in [1.165, 1.54) is 41.0 Å². The van der Waals surface area contributed by atoms with Crippen LogP contribution in [0.5, 0.6) is 0 Å². The number of alkyl halides is 3. The van der Waals surface area contributed by atoms with Crippen molar-refractivity contribution in [1.29, 1.82) is 0 Å². The van der Waals surface area contributed by atoms with E-state index in [0.717, 1.165) is 74.8 Å². The largest absolute Gasteiger partial charge is 0.501 e. The zero-order chi connectivity index (χ0) is 47.3. The van der Waals surface area contributed by atoms with Crippen molar-refractivity contribution in [1.82, 2.24) is 14.5 Å². The minimum atomic E-state index is -6.13. The number of sulfone groups is 2. The van der Waals surface area contributed by atoms with Crippen LogP contribution < -0.4 is 14.9 Å². The Hall–Kier alpha value is -4.01. The second kappa shape index (κ2) is 20.7. The van der Waals surface area contributed by atoms with E-state index in [2.05, 4.69) is 45.8 Å². The van der Waals surface area contributed by atoms with E-state index in [1.54, 1.807) is 18.2 Å². The first-order chi connectivity index (χ1) is 31.2. The molecule has 12 nitrogen and oxygen atoms in total. The Labute approximate surface area is 392 Å². The van der Waals surface area contributed by atoms with Crippen molar-refractivity contribution in [3.8, 4) is 0 Å². The maximum atomic E-state index is 14.2. The Bertz CT molecular complexity index is 2670. The number of piperazine rings is 1. The van der Waals surface area contributed by atoms with Gasteiger partial charge in [0.1, 0.15) is 4.90 Å². The fourth-order valence-corrected chi connectivity index (χ4v) is 12.5. The summed E-state index contributed by atoms with van der Waals surface area (Å²) in [6.07, 6.45) is 3.30. The van der Waals surface area contributed by atoms with E-state index in [4.69, 9.17) is 16.3 Å². The lowest BCUT2D eigenvalue weighted by Gasteiger charge is -2.39. The summed E-state index contributed by atoms with van der Waals surface area (Å²) < 4.78 is 131. The van der Waals surface area contributed by atoms with E-state index >= 15 is 0 Å². The second-order valence-electron chi connectivity index (χ2n) is 18.0. The number of nitrogens with one attached hydrogen (secondary N) is 2. The third-order valence-corrected chi connectivity index (χ3v) is 17.6. The molecule has 0 amide bonds. The monoisotopic (exact) mass is 991 g/mol. The van der Waals surface area contributed by atoms with E-state index in [9.17, 15) is 38.4 Å². The summed E-state index contributed by atoms with van der Waals surface area (Å²) in [5, 5.41) is 3.47. The fourth-order valence-electron chi connectivity index (χ4n) is 8.79. The lowest BCUT2D eigenvalue weighted by Crippen LogP contribution is -2.47. The van der Waals surface area contributed by atoms with Gasteiger partial charge < -0.3 is 15.0 Å². The number of morpholine rings is 1. The smallest absolute Gasteiger partial charge is 0.380 e. The Balaban J connectivity index is 1.02. The summed E-state index contributed by atoms with van der Waals surface area (Å²) in [7, 11) is -14.7. The zero-order valence-corrected chi connectivity index (χ0v) is 40.3. The molecular weight excluding hydrogens is 935 g/mol. The maximum Gasteiger partial charge on any atom is 0.501 e. The molecule has 2 saturated heterocycles. The number of rotatable bonds is 17. The molecule has 2 N–H and O–H groups in total. The van der Waals surface area contributed by atoms with Crippen LogP contribution in [0.15, 0.2) is 117 Å². The molecule has 0 spiro atoms. The topological polar surface area (TPSA) is 145 Å². The van der Waals surface area contributed by atoms with Crippen molar-refractivity contribution in [2.75, 3.05) is 81.5 Å². The summed E-state index contributed by atoms with van der Waals surface area (Å²) in [4.78, 5) is 4.71. The van der Waals surface area contributed by atoms with Crippen molar-refractivity contribution in [2.45, 2.75) is 72.3 Å². The van der Waals surface area contributed by atoms with Crippen LogP contribution in [-0.4, -0.2) is 118 Å². The van der Waals surface area contributed by atoms with Crippen LogP contribution in [0.2, 0.25) is 5.02 Å². The molecule has 2 aliphatic heterocycles. The van der Waals surface area contributed by atoms with E-state index in [1.807, 2.05) is 29.2 Å². The second-order valence-corrected chi connectivity index (χ2v) is 24.1. The molecule has 1 aliphatic carbocycles. The molecule has 0 saturated carbocycles. The van der Waals surface area contributed by atoms with Crippen LogP contribution in [0.4, 0.5) is 24.5 Å². The molecule has 0 aromatic heterocycles. The molecule has 0 radical (unpaired) electrons. The van der Waals surface area contributed by atoms with Gasteiger partial charge in [-0.1, -0.05) is 73.5 Å². The molecule has 2 heterocycles. The Morgan fingerprint density at radius 2 is 1.45 bits per heavy atom. The summed E-state index contributed by atoms with van der Waals surface area (Å²) in [5.41, 5.74) is -0.491. The van der Waals surface area contributed by atoms with Gasteiger partial charge in [0, 0.05) is 75.7 Å². The van der Waals surface area contributed by atoms with Crippen molar-refractivity contribution in [3.05, 3.63) is 119 Å². The third kappa shape index (κ3) is 12.5. The van der Waals surface area contributed by atoms with Gasteiger partial charge in [-0.25, -0.2) is 30.0 Å². The molecule has 4 aromatic carbocycles. The SMILES string of the molecule is CC1(C)CCC(c2ccc(Cl)cc2)=C(CN2CCN(c3ccc(CNS(=O)(=O)c4ccc(N[C@H](CCN5CCOCC5)CS(=O)(=O)c5ccccc5)c(S(=O)(=O)C(F)(F)F)c4)cc3)CC2)C1. The van der Waals surface area contributed by atoms with Crippen LogP contribution in [0.3, 0.4) is 0 Å². The van der Waals surface area contributed by atoms with Gasteiger partial charge in [0.05, 0.1) is 34.4 Å². The molecule has 4 aromatic rings. The Morgan fingerprint density at radius 1 is 0.788 bits per heavy atom. The molecule has 358 valence electrons. The first-order valence-electron chi connectivity index (χ1n) is 22.0.